The van der Waals surface area contributed by atoms with Crippen molar-refractivity contribution >= 4 is 0 Å². The van der Waals surface area contributed by atoms with Crippen molar-refractivity contribution in [3.63, 3.8) is 0 Å². The van der Waals surface area contributed by atoms with E-state index in [0.29, 0.717) is 5.41 Å². The number of likely N-dealkylation sites (N-methyl/N-ethyl adjacent to an activating group) is 1. The first kappa shape index (κ1) is 17.3. The maximum absolute atomic E-state index is 2.83. The number of rotatable bonds is 5. The van der Waals surface area contributed by atoms with Crippen LogP contribution in [0.5, 0.6) is 0 Å². The minimum atomic E-state index is 0.706. The van der Waals surface area contributed by atoms with Crippen LogP contribution in [0.2, 0.25) is 0 Å². The van der Waals surface area contributed by atoms with Gasteiger partial charge in [-0.05, 0) is 94.9 Å². The Balaban J connectivity index is 1.22. The maximum atomic E-state index is 2.83. The lowest BCUT2D eigenvalue weighted by atomic mass is 9.70. The summed E-state index contributed by atoms with van der Waals surface area (Å²) in [7, 11) is 2.25. The molecule has 4 rings (SSSR count). The minimum Gasteiger partial charge on any atom is -0.303 e. The van der Waals surface area contributed by atoms with E-state index in [1.807, 2.05) is 0 Å². The SMILES string of the molecule is CC(C)CC1(CN2CCC3(CC2)CCN(C2CN(C)C2)CC3)CC1. The van der Waals surface area contributed by atoms with Crippen LogP contribution in [-0.4, -0.2) is 73.6 Å². The van der Waals surface area contributed by atoms with E-state index < -0.39 is 0 Å². The van der Waals surface area contributed by atoms with Crippen molar-refractivity contribution in [1.82, 2.24) is 14.7 Å². The van der Waals surface area contributed by atoms with E-state index in [2.05, 4.69) is 35.6 Å². The zero-order chi connectivity index (χ0) is 16.8. The zero-order valence-corrected chi connectivity index (χ0v) is 16.4. The molecule has 0 aromatic heterocycles. The van der Waals surface area contributed by atoms with Crippen LogP contribution in [-0.2, 0) is 0 Å². The van der Waals surface area contributed by atoms with Gasteiger partial charge in [0, 0.05) is 25.7 Å². The van der Waals surface area contributed by atoms with Gasteiger partial charge in [-0.2, -0.15) is 0 Å². The minimum absolute atomic E-state index is 0.706. The van der Waals surface area contributed by atoms with Gasteiger partial charge < -0.3 is 9.80 Å². The van der Waals surface area contributed by atoms with Crippen molar-refractivity contribution in [2.24, 2.45) is 16.7 Å². The number of nitrogens with zero attached hydrogens (tertiary/aromatic N) is 3. The van der Waals surface area contributed by atoms with Gasteiger partial charge in [0.15, 0.2) is 0 Å². The molecule has 0 atom stereocenters. The van der Waals surface area contributed by atoms with Crippen LogP contribution in [0.4, 0.5) is 0 Å². The van der Waals surface area contributed by atoms with E-state index >= 15 is 0 Å². The van der Waals surface area contributed by atoms with E-state index in [-0.39, 0.29) is 0 Å². The van der Waals surface area contributed by atoms with Crippen molar-refractivity contribution < 1.29 is 0 Å². The number of likely N-dealkylation sites (tertiary alicyclic amines) is 3. The Kier molecular flexibility index (Phi) is 4.73. The molecule has 0 bridgehead atoms. The van der Waals surface area contributed by atoms with Crippen LogP contribution in [0.15, 0.2) is 0 Å². The Morgan fingerprint density at radius 2 is 1.46 bits per heavy atom. The smallest absolute Gasteiger partial charge is 0.0350 e. The molecule has 3 heteroatoms. The van der Waals surface area contributed by atoms with Gasteiger partial charge in [-0.15, -0.1) is 0 Å². The quantitative estimate of drug-likeness (QED) is 0.764. The van der Waals surface area contributed by atoms with Crippen molar-refractivity contribution in [2.45, 2.75) is 64.8 Å². The summed E-state index contributed by atoms with van der Waals surface area (Å²) in [4.78, 5) is 8.08. The van der Waals surface area contributed by atoms with Crippen LogP contribution >= 0.6 is 0 Å². The average Bonchev–Trinajstić information content (AvgIpc) is 3.26. The van der Waals surface area contributed by atoms with Crippen LogP contribution in [0, 0.1) is 16.7 Å². The lowest BCUT2D eigenvalue weighted by molar-refractivity contribution is -0.0188. The molecule has 4 aliphatic rings. The Hall–Kier alpha value is -0.120. The second-order valence-corrected chi connectivity index (χ2v) is 10.3. The third kappa shape index (κ3) is 3.68. The average molecular weight is 334 g/mol. The summed E-state index contributed by atoms with van der Waals surface area (Å²) < 4.78 is 0. The first-order chi connectivity index (χ1) is 11.5. The molecule has 24 heavy (non-hydrogen) atoms. The standard InChI is InChI=1S/C21H39N3/c1-18(2)14-21(4-5-21)17-23-10-6-20(7-11-23)8-12-24(13-9-20)19-15-22(3)16-19/h18-19H,4-17H2,1-3H3. The molecule has 0 amide bonds. The van der Waals surface area contributed by atoms with Gasteiger partial charge in [-0.1, -0.05) is 13.8 Å². The summed E-state index contributed by atoms with van der Waals surface area (Å²) in [5.74, 6) is 0.874. The second kappa shape index (κ2) is 6.55. The van der Waals surface area contributed by atoms with Crippen LogP contribution in [0.3, 0.4) is 0 Å². The molecule has 0 aromatic carbocycles. The van der Waals surface area contributed by atoms with Crippen LogP contribution in [0.25, 0.3) is 0 Å². The Labute approximate surface area is 149 Å². The summed E-state index contributed by atoms with van der Waals surface area (Å²) >= 11 is 0. The highest BCUT2D eigenvalue weighted by molar-refractivity contribution is 4.99. The van der Waals surface area contributed by atoms with E-state index in [4.69, 9.17) is 0 Å². The predicted molar refractivity (Wildman–Crippen MR) is 101 cm³/mol. The first-order valence-electron chi connectivity index (χ1n) is 10.6. The molecule has 0 radical (unpaired) electrons. The molecule has 138 valence electrons. The van der Waals surface area contributed by atoms with E-state index in [9.17, 15) is 0 Å². The van der Waals surface area contributed by atoms with Gasteiger partial charge in [0.2, 0.25) is 0 Å². The molecule has 0 unspecified atom stereocenters. The van der Waals surface area contributed by atoms with Crippen molar-refractivity contribution in [3.8, 4) is 0 Å². The van der Waals surface area contributed by atoms with Gasteiger partial charge in [-0.3, -0.25) is 4.90 Å². The number of hydrogen-bond donors (Lipinski definition) is 0. The summed E-state index contributed by atoms with van der Waals surface area (Å²) in [5.41, 5.74) is 1.43. The number of hydrogen-bond acceptors (Lipinski definition) is 3. The lowest BCUT2D eigenvalue weighted by Gasteiger charge is -2.51. The maximum Gasteiger partial charge on any atom is 0.0350 e. The summed E-state index contributed by atoms with van der Waals surface area (Å²) in [5, 5.41) is 0. The first-order valence-corrected chi connectivity index (χ1v) is 10.6. The third-order valence-electron chi connectivity index (χ3n) is 7.69. The summed E-state index contributed by atoms with van der Waals surface area (Å²) in [6, 6.07) is 0.873. The zero-order valence-electron chi connectivity index (χ0n) is 16.4. The molecule has 1 aliphatic carbocycles. The highest BCUT2D eigenvalue weighted by Gasteiger charge is 2.46. The molecule has 0 aromatic rings. The highest BCUT2D eigenvalue weighted by atomic mass is 15.3. The Bertz CT molecular complexity index is 418. The molecule has 1 saturated carbocycles. The van der Waals surface area contributed by atoms with E-state index in [1.165, 1.54) is 90.8 Å². The molecular formula is C21H39N3. The summed E-state index contributed by atoms with van der Waals surface area (Å²) in [6.07, 6.45) is 10.3. The molecule has 3 nitrogen and oxygen atoms in total. The van der Waals surface area contributed by atoms with Crippen molar-refractivity contribution in [1.29, 1.82) is 0 Å². The van der Waals surface area contributed by atoms with Crippen molar-refractivity contribution in [3.05, 3.63) is 0 Å². The van der Waals surface area contributed by atoms with Crippen LogP contribution in [0.1, 0.15) is 58.8 Å². The molecule has 4 fully saturated rings. The molecule has 3 heterocycles. The fraction of sp³-hybridized carbons (Fsp3) is 1.00. The van der Waals surface area contributed by atoms with E-state index in [1.54, 1.807) is 0 Å². The van der Waals surface area contributed by atoms with Crippen molar-refractivity contribution in [2.75, 3.05) is 52.9 Å². The van der Waals surface area contributed by atoms with Gasteiger partial charge in [-0.25, -0.2) is 0 Å². The Morgan fingerprint density at radius 1 is 0.875 bits per heavy atom. The van der Waals surface area contributed by atoms with Gasteiger partial charge in [0.05, 0.1) is 0 Å². The third-order valence-corrected chi connectivity index (χ3v) is 7.69. The second-order valence-electron chi connectivity index (χ2n) is 10.3. The fourth-order valence-electron chi connectivity index (χ4n) is 5.89. The van der Waals surface area contributed by atoms with Crippen LogP contribution < -0.4 is 0 Å². The van der Waals surface area contributed by atoms with E-state index in [0.717, 1.165) is 17.4 Å². The van der Waals surface area contributed by atoms with Gasteiger partial charge >= 0.3 is 0 Å². The molecule has 3 saturated heterocycles. The normalized spacial score (nSPS) is 31.5. The lowest BCUT2D eigenvalue weighted by Crippen LogP contribution is -2.60. The molecule has 1 spiro atoms. The molecular weight excluding hydrogens is 294 g/mol. The largest absolute Gasteiger partial charge is 0.303 e. The monoisotopic (exact) mass is 333 g/mol. The highest BCUT2D eigenvalue weighted by Crippen LogP contribution is 2.52. The fourth-order valence-corrected chi connectivity index (χ4v) is 5.89. The predicted octanol–water partition coefficient (Wildman–Crippen LogP) is 3.30. The Morgan fingerprint density at radius 3 is 1.96 bits per heavy atom. The molecule has 3 aliphatic heterocycles. The molecule has 0 N–H and O–H groups in total. The number of piperidine rings is 2. The van der Waals surface area contributed by atoms with Gasteiger partial charge in [0.1, 0.15) is 0 Å². The van der Waals surface area contributed by atoms with Gasteiger partial charge in [0.25, 0.3) is 0 Å². The summed E-state index contributed by atoms with van der Waals surface area (Å²) in [6.45, 7) is 14.3. The topological polar surface area (TPSA) is 9.72 Å².